The number of unbranched alkanes of at least 4 members (excludes halogenated alkanes) is 3. The molecule has 96 valence electrons. The highest BCUT2D eigenvalue weighted by Gasteiger charge is 2.10. The van der Waals surface area contributed by atoms with Crippen molar-refractivity contribution in [1.29, 1.82) is 0 Å². The van der Waals surface area contributed by atoms with Crippen LogP contribution in [0.15, 0.2) is 9.85 Å². The van der Waals surface area contributed by atoms with Crippen LogP contribution in [0.3, 0.4) is 0 Å². The summed E-state index contributed by atoms with van der Waals surface area (Å²) in [5.41, 5.74) is 1.03. The average molecular weight is 431 g/mol. The van der Waals surface area contributed by atoms with Crippen molar-refractivity contribution >= 4 is 55.8 Å². The van der Waals surface area contributed by atoms with E-state index in [-0.39, 0.29) is 5.97 Å². The van der Waals surface area contributed by atoms with E-state index >= 15 is 0 Å². The largest absolute Gasteiger partial charge is 0.465 e. The summed E-state index contributed by atoms with van der Waals surface area (Å²) >= 11 is 7.35. The fourth-order valence-corrected chi connectivity index (χ4v) is 4.77. The van der Waals surface area contributed by atoms with Crippen LogP contribution in [0.25, 0.3) is 0 Å². The van der Waals surface area contributed by atoms with E-state index in [1.54, 1.807) is 11.3 Å². The SMILES string of the molecule is CCCCCCOC(=O)Cc1cc(I)sc1Br. The van der Waals surface area contributed by atoms with Gasteiger partial charge in [-0.3, -0.25) is 4.79 Å². The Morgan fingerprint density at radius 3 is 2.82 bits per heavy atom. The minimum absolute atomic E-state index is 0.128. The number of esters is 1. The van der Waals surface area contributed by atoms with Crippen LogP contribution < -0.4 is 0 Å². The highest BCUT2D eigenvalue weighted by atomic mass is 127. The van der Waals surface area contributed by atoms with E-state index in [0.29, 0.717) is 13.0 Å². The van der Waals surface area contributed by atoms with Crippen molar-refractivity contribution in [3.63, 3.8) is 0 Å². The summed E-state index contributed by atoms with van der Waals surface area (Å²) in [5, 5.41) is 0. The third-order valence-electron chi connectivity index (χ3n) is 2.32. The zero-order chi connectivity index (χ0) is 12.7. The van der Waals surface area contributed by atoms with Crippen molar-refractivity contribution in [2.45, 2.75) is 39.0 Å². The third kappa shape index (κ3) is 6.20. The molecule has 0 bridgehead atoms. The lowest BCUT2D eigenvalue weighted by molar-refractivity contribution is -0.142. The molecule has 0 saturated heterocycles. The van der Waals surface area contributed by atoms with Gasteiger partial charge in [-0.1, -0.05) is 26.2 Å². The molecule has 0 saturated carbocycles. The number of hydrogen-bond donors (Lipinski definition) is 0. The van der Waals surface area contributed by atoms with Gasteiger partial charge in [0.15, 0.2) is 0 Å². The fraction of sp³-hybridized carbons (Fsp3) is 0.583. The van der Waals surface area contributed by atoms with Gasteiger partial charge >= 0.3 is 5.97 Å². The Kier molecular flexibility index (Phi) is 7.70. The smallest absolute Gasteiger partial charge is 0.310 e. The monoisotopic (exact) mass is 430 g/mol. The zero-order valence-corrected chi connectivity index (χ0v) is 14.4. The van der Waals surface area contributed by atoms with Gasteiger partial charge < -0.3 is 4.74 Å². The molecule has 0 N–H and O–H groups in total. The van der Waals surface area contributed by atoms with Crippen molar-refractivity contribution in [3.05, 3.63) is 18.3 Å². The second kappa shape index (κ2) is 8.48. The quantitative estimate of drug-likeness (QED) is 0.353. The molecule has 1 rings (SSSR count). The Morgan fingerprint density at radius 2 is 2.24 bits per heavy atom. The van der Waals surface area contributed by atoms with Crippen molar-refractivity contribution < 1.29 is 9.53 Å². The van der Waals surface area contributed by atoms with Crippen LogP contribution in [0.1, 0.15) is 38.2 Å². The molecule has 2 nitrogen and oxygen atoms in total. The molecule has 0 aromatic carbocycles. The number of carbonyl (C=O) groups excluding carboxylic acids is 1. The van der Waals surface area contributed by atoms with Gasteiger partial charge in [-0.25, -0.2) is 0 Å². The van der Waals surface area contributed by atoms with Gasteiger partial charge in [0, 0.05) is 0 Å². The second-order valence-electron chi connectivity index (χ2n) is 3.81. The molecule has 0 aliphatic heterocycles. The Morgan fingerprint density at radius 1 is 1.47 bits per heavy atom. The van der Waals surface area contributed by atoms with Gasteiger partial charge in [0.1, 0.15) is 0 Å². The van der Waals surface area contributed by atoms with Crippen LogP contribution in [0.4, 0.5) is 0 Å². The van der Waals surface area contributed by atoms with Crippen molar-refractivity contribution in [3.8, 4) is 0 Å². The zero-order valence-electron chi connectivity index (χ0n) is 9.80. The summed E-state index contributed by atoms with van der Waals surface area (Å²) in [6.45, 7) is 2.72. The molecule has 0 spiro atoms. The van der Waals surface area contributed by atoms with Gasteiger partial charge in [0.25, 0.3) is 0 Å². The van der Waals surface area contributed by atoms with Crippen LogP contribution in [-0.4, -0.2) is 12.6 Å². The van der Waals surface area contributed by atoms with E-state index in [2.05, 4.69) is 45.4 Å². The molecular weight excluding hydrogens is 415 g/mol. The van der Waals surface area contributed by atoms with E-state index in [4.69, 9.17) is 4.74 Å². The molecule has 0 amide bonds. The lowest BCUT2D eigenvalue weighted by Gasteiger charge is -2.03. The molecule has 0 aliphatic rings. The molecule has 5 heteroatoms. The molecule has 0 radical (unpaired) electrons. The predicted molar refractivity (Wildman–Crippen MR) is 83.5 cm³/mol. The van der Waals surface area contributed by atoms with Crippen molar-refractivity contribution in [2.75, 3.05) is 6.61 Å². The Hall–Kier alpha value is 0.380. The first-order chi connectivity index (χ1) is 8.13. The maximum Gasteiger partial charge on any atom is 0.310 e. The predicted octanol–water partition coefficient (Wildman–Crippen LogP) is 4.78. The number of carbonyl (C=O) groups is 1. The van der Waals surface area contributed by atoms with Crippen LogP contribution >= 0.6 is 49.9 Å². The first-order valence-electron chi connectivity index (χ1n) is 5.72. The van der Waals surface area contributed by atoms with Crippen molar-refractivity contribution in [1.82, 2.24) is 0 Å². The minimum atomic E-state index is -0.128. The van der Waals surface area contributed by atoms with E-state index in [1.165, 1.54) is 15.7 Å². The molecule has 1 aromatic rings. The van der Waals surface area contributed by atoms with Gasteiger partial charge in [-0.15, -0.1) is 11.3 Å². The van der Waals surface area contributed by atoms with Crippen LogP contribution in [0.5, 0.6) is 0 Å². The van der Waals surface area contributed by atoms with Gasteiger partial charge in [0.2, 0.25) is 0 Å². The second-order valence-corrected chi connectivity index (χ2v) is 8.07. The van der Waals surface area contributed by atoms with Crippen LogP contribution in [-0.2, 0) is 16.0 Å². The lowest BCUT2D eigenvalue weighted by Crippen LogP contribution is -2.08. The fourth-order valence-electron chi connectivity index (χ4n) is 1.42. The summed E-state index contributed by atoms with van der Waals surface area (Å²) in [7, 11) is 0. The number of thiophene rings is 1. The number of rotatable bonds is 7. The molecule has 0 atom stereocenters. The van der Waals surface area contributed by atoms with E-state index in [0.717, 1.165) is 22.2 Å². The average Bonchev–Trinajstić information content (AvgIpc) is 2.57. The highest BCUT2D eigenvalue weighted by molar-refractivity contribution is 14.1. The summed E-state index contributed by atoms with van der Waals surface area (Å²) < 4.78 is 7.41. The summed E-state index contributed by atoms with van der Waals surface area (Å²) in [4.78, 5) is 11.6. The van der Waals surface area contributed by atoms with Crippen LogP contribution in [0, 0.1) is 2.88 Å². The van der Waals surface area contributed by atoms with E-state index in [9.17, 15) is 4.79 Å². The molecule has 0 aliphatic carbocycles. The van der Waals surface area contributed by atoms with E-state index < -0.39 is 0 Å². The van der Waals surface area contributed by atoms with Gasteiger partial charge in [-0.05, 0) is 56.6 Å². The molecule has 1 heterocycles. The summed E-state index contributed by atoms with van der Waals surface area (Å²) in [6.07, 6.45) is 4.90. The molecule has 0 unspecified atom stereocenters. The number of halogens is 2. The Bertz CT molecular complexity index is 365. The molecule has 17 heavy (non-hydrogen) atoms. The minimum Gasteiger partial charge on any atom is -0.465 e. The topological polar surface area (TPSA) is 26.3 Å². The number of ether oxygens (including phenoxy) is 1. The van der Waals surface area contributed by atoms with Gasteiger partial charge in [-0.2, -0.15) is 0 Å². The van der Waals surface area contributed by atoms with Gasteiger partial charge in [0.05, 0.1) is 19.7 Å². The Balaban J connectivity index is 2.23. The molecule has 0 fully saturated rings. The normalized spacial score (nSPS) is 10.5. The lowest BCUT2D eigenvalue weighted by atomic mass is 10.2. The number of hydrogen-bond acceptors (Lipinski definition) is 3. The Labute approximate surface area is 128 Å². The van der Waals surface area contributed by atoms with Crippen molar-refractivity contribution in [2.24, 2.45) is 0 Å². The summed E-state index contributed by atoms with van der Waals surface area (Å²) in [6, 6.07) is 2.02. The summed E-state index contributed by atoms with van der Waals surface area (Å²) in [5.74, 6) is -0.128. The first kappa shape index (κ1) is 15.4. The maximum atomic E-state index is 11.6. The standard InChI is InChI=1S/C12H16BrIO2S/c1-2-3-4-5-6-16-11(15)8-9-7-10(14)17-12(9)13/h7H,2-6,8H2,1H3. The first-order valence-corrected chi connectivity index (χ1v) is 8.41. The van der Waals surface area contributed by atoms with E-state index in [1.807, 2.05) is 6.07 Å². The molecule has 1 aromatic heterocycles. The highest BCUT2D eigenvalue weighted by Crippen LogP contribution is 2.29. The maximum absolute atomic E-state index is 11.6. The molecular formula is C12H16BrIO2S. The van der Waals surface area contributed by atoms with Crippen LogP contribution in [0.2, 0.25) is 0 Å². The third-order valence-corrected chi connectivity index (χ3v) is 5.04.